The van der Waals surface area contributed by atoms with Crippen LogP contribution in [0.1, 0.15) is 51.4 Å². The molecule has 0 aliphatic rings. The van der Waals surface area contributed by atoms with Gasteiger partial charge in [-0.1, -0.05) is 56.5 Å². The van der Waals surface area contributed by atoms with Gasteiger partial charge in [0.1, 0.15) is 6.61 Å². The number of hydrogen-bond acceptors (Lipinski definition) is 4. The van der Waals surface area contributed by atoms with Crippen LogP contribution in [0.25, 0.3) is 0 Å². The van der Waals surface area contributed by atoms with Gasteiger partial charge in [-0.3, -0.25) is 9.59 Å². The van der Waals surface area contributed by atoms with Gasteiger partial charge in [-0.2, -0.15) is 0 Å². The fourth-order valence-electron chi connectivity index (χ4n) is 1.27. The number of alkyl halides is 2. The Morgan fingerprint density at radius 2 is 1.40 bits per heavy atom. The van der Waals surface area contributed by atoms with Gasteiger partial charge in [-0.05, 0) is 37.3 Å². The van der Waals surface area contributed by atoms with Gasteiger partial charge in [0, 0.05) is 23.5 Å². The topological polar surface area (TPSA) is 63.6 Å². The highest BCUT2D eigenvalue weighted by molar-refractivity contribution is 9.09. The first-order valence-corrected chi connectivity index (χ1v) is 10.6. The summed E-state index contributed by atoms with van der Waals surface area (Å²) >= 11 is 11.7. The minimum absolute atomic E-state index is 0.0945. The lowest BCUT2D eigenvalue weighted by Crippen LogP contribution is -2.03. The molecule has 0 bridgehead atoms. The quantitative estimate of drug-likeness (QED) is 0.149. The zero-order valence-corrected chi connectivity index (χ0v) is 18.4. The van der Waals surface area contributed by atoms with Crippen LogP contribution in [0.3, 0.4) is 0 Å². The molecule has 0 aromatic carbocycles. The van der Waals surface area contributed by atoms with Gasteiger partial charge in [-0.15, -0.1) is 12.8 Å². The minimum atomic E-state index is -0.218. The molecule has 1 N–H and O–H groups in total. The first-order valence-electron chi connectivity index (χ1n) is 7.93. The SMILES string of the molecule is C#CCO.C#CCOC(=O)CCCCCBr.O=C(Cl)CCCCCBr. The van der Waals surface area contributed by atoms with Crippen molar-refractivity contribution in [3.63, 3.8) is 0 Å². The fraction of sp³-hybridized carbons (Fsp3) is 0.667. The lowest BCUT2D eigenvalue weighted by Gasteiger charge is -1.99. The molecule has 0 saturated carbocycles. The maximum atomic E-state index is 10.8. The predicted molar refractivity (Wildman–Crippen MR) is 111 cm³/mol. The van der Waals surface area contributed by atoms with E-state index in [4.69, 9.17) is 23.1 Å². The maximum Gasteiger partial charge on any atom is 0.306 e. The Hall–Kier alpha value is -0.530. The van der Waals surface area contributed by atoms with Crippen molar-refractivity contribution in [2.75, 3.05) is 23.9 Å². The second-order valence-electron chi connectivity index (χ2n) is 4.58. The van der Waals surface area contributed by atoms with E-state index in [1.807, 2.05) is 5.92 Å². The predicted octanol–water partition coefficient (Wildman–Crippen LogP) is 4.44. The van der Waals surface area contributed by atoms with Crippen LogP contribution in [0.15, 0.2) is 0 Å². The Balaban J connectivity index is -0.000000328. The van der Waals surface area contributed by atoms with Crippen LogP contribution in [-0.4, -0.2) is 40.2 Å². The van der Waals surface area contributed by atoms with Crippen LogP contribution in [-0.2, 0) is 14.3 Å². The number of carbonyl (C=O) groups is 2. The lowest BCUT2D eigenvalue weighted by molar-refractivity contribution is -0.142. The number of halogens is 3. The summed E-state index contributed by atoms with van der Waals surface area (Å²) in [6, 6.07) is 0. The largest absolute Gasteiger partial charge is 0.452 e. The van der Waals surface area contributed by atoms with Gasteiger partial charge >= 0.3 is 5.97 Å². The third kappa shape index (κ3) is 39.9. The van der Waals surface area contributed by atoms with Gasteiger partial charge in [-0.25, -0.2) is 0 Å². The Kier molecular flexibility index (Phi) is 33.1. The number of hydrogen-bond donors (Lipinski definition) is 1. The van der Waals surface area contributed by atoms with Crippen LogP contribution in [0.4, 0.5) is 0 Å². The van der Waals surface area contributed by atoms with Gasteiger partial charge < -0.3 is 9.84 Å². The highest BCUT2D eigenvalue weighted by Crippen LogP contribution is 2.03. The van der Waals surface area contributed by atoms with Gasteiger partial charge in [0.15, 0.2) is 6.61 Å². The Bertz CT molecular complexity index is 390. The zero-order valence-electron chi connectivity index (χ0n) is 14.4. The summed E-state index contributed by atoms with van der Waals surface area (Å²) in [5.74, 6) is 4.04. The summed E-state index contributed by atoms with van der Waals surface area (Å²) in [5.41, 5.74) is 0. The smallest absolute Gasteiger partial charge is 0.306 e. The van der Waals surface area contributed by atoms with E-state index >= 15 is 0 Å². The molecule has 0 aliphatic carbocycles. The van der Waals surface area contributed by atoms with Crippen LogP contribution in [0, 0.1) is 24.7 Å². The molecular weight excluding hydrogens is 475 g/mol. The molecule has 0 spiro atoms. The average molecular weight is 503 g/mol. The summed E-state index contributed by atoms with van der Waals surface area (Å²) in [7, 11) is 0. The number of rotatable bonds is 11. The first kappa shape index (κ1) is 29.2. The standard InChI is InChI=1S/C9H13BrO2.C6H10BrClO.C3H4O/c1-2-8-12-9(11)6-4-3-5-7-10;7-5-3-1-2-4-6(8)9;1-2-3-4/h1H,3-8H2;1-5H2;1,4H,3H2. The molecule has 0 aliphatic heterocycles. The summed E-state index contributed by atoms with van der Waals surface area (Å²) in [6.07, 6.45) is 16.6. The third-order valence-corrected chi connectivity index (χ3v) is 3.74. The zero-order chi connectivity index (χ0) is 19.8. The Morgan fingerprint density at radius 3 is 1.76 bits per heavy atom. The normalized spacial score (nSPS) is 8.56. The molecule has 144 valence electrons. The number of aliphatic hydroxyl groups is 1. The van der Waals surface area contributed by atoms with E-state index in [0.717, 1.165) is 49.2 Å². The van der Waals surface area contributed by atoms with Crippen molar-refractivity contribution >= 4 is 54.7 Å². The van der Waals surface area contributed by atoms with E-state index in [2.05, 4.69) is 48.9 Å². The summed E-state index contributed by atoms with van der Waals surface area (Å²) in [6.45, 7) is -0.0583. The number of terminal acetylenes is 2. The number of aliphatic hydroxyl groups excluding tert-OH is 1. The number of carbonyl (C=O) groups excluding carboxylic acids is 2. The van der Waals surface area contributed by atoms with Crippen LogP contribution < -0.4 is 0 Å². The molecule has 0 radical (unpaired) electrons. The van der Waals surface area contributed by atoms with Crippen LogP contribution >= 0.6 is 43.5 Å². The Morgan fingerprint density at radius 1 is 0.920 bits per heavy atom. The number of unbranched alkanes of at least 4 members (excludes halogenated alkanes) is 4. The van der Waals surface area contributed by atoms with Crippen molar-refractivity contribution in [1.29, 1.82) is 0 Å². The molecule has 4 nitrogen and oxygen atoms in total. The molecule has 0 fully saturated rings. The fourth-order valence-corrected chi connectivity index (χ4v) is 2.20. The molecule has 0 amide bonds. The van der Waals surface area contributed by atoms with Crippen LogP contribution in [0.2, 0.25) is 0 Å². The van der Waals surface area contributed by atoms with Crippen molar-refractivity contribution in [3.05, 3.63) is 0 Å². The third-order valence-electron chi connectivity index (χ3n) is 2.43. The highest BCUT2D eigenvalue weighted by Gasteiger charge is 2.00. The molecule has 0 saturated heterocycles. The van der Waals surface area contributed by atoms with E-state index in [0.29, 0.717) is 12.8 Å². The van der Waals surface area contributed by atoms with E-state index in [9.17, 15) is 9.59 Å². The monoisotopic (exact) mass is 500 g/mol. The van der Waals surface area contributed by atoms with Gasteiger partial charge in [0.2, 0.25) is 5.24 Å². The number of esters is 1. The van der Waals surface area contributed by atoms with Crippen LogP contribution in [0.5, 0.6) is 0 Å². The van der Waals surface area contributed by atoms with E-state index < -0.39 is 0 Å². The number of ether oxygens (including phenoxy) is 1. The van der Waals surface area contributed by atoms with Crippen molar-refractivity contribution in [2.24, 2.45) is 0 Å². The first-order chi connectivity index (χ1) is 12.0. The molecule has 25 heavy (non-hydrogen) atoms. The summed E-state index contributed by atoms with van der Waals surface area (Å²) in [5, 5.41) is 9.43. The molecule has 0 atom stereocenters. The van der Waals surface area contributed by atoms with Gasteiger partial charge in [0.05, 0.1) is 0 Å². The van der Waals surface area contributed by atoms with Crippen molar-refractivity contribution in [2.45, 2.75) is 51.4 Å². The molecule has 0 heterocycles. The van der Waals surface area contributed by atoms with Crippen molar-refractivity contribution < 1.29 is 19.4 Å². The Labute approximate surface area is 173 Å². The minimum Gasteiger partial charge on any atom is -0.452 e. The lowest BCUT2D eigenvalue weighted by atomic mass is 10.2. The van der Waals surface area contributed by atoms with E-state index in [-0.39, 0.29) is 24.4 Å². The second-order valence-corrected chi connectivity index (χ2v) is 6.59. The molecule has 7 heteroatoms. The van der Waals surface area contributed by atoms with E-state index in [1.54, 1.807) is 0 Å². The highest BCUT2D eigenvalue weighted by atomic mass is 79.9. The maximum absolute atomic E-state index is 10.8. The summed E-state index contributed by atoms with van der Waals surface area (Å²) in [4.78, 5) is 21.0. The van der Waals surface area contributed by atoms with Crippen molar-refractivity contribution in [1.82, 2.24) is 0 Å². The molecular formula is C18H27Br2ClO4. The second kappa shape index (κ2) is 28.3. The molecule has 0 aromatic rings. The molecule has 0 aromatic heterocycles. The average Bonchev–Trinajstić information content (AvgIpc) is 2.61. The summed E-state index contributed by atoms with van der Waals surface area (Å²) < 4.78 is 4.68. The van der Waals surface area contributed by atoms with Crippen molar-refractivity contribution in [3.8, 4) is 24.7 Å². The molecule has 0 unspecified atom stereocenters. The van der Waals surface area contributed by atoms with E-state index in [1.165, 1.54) is 0 Å². The molecule has 0 rings (SSSR count). The van der Waals surface area contributed by atoms with Gasteiger partial charge in [0.25, 0.3) is 0 Å².